The molecule has 2 aromatic heterocycles. The molecule has 0 amide bonds. The van der Waals surface area contributed by atoms with Crippen LogP contribution in [-0.4, -0.2) is 20.4 Å². The molecule has 0 aliphatic rings. The lowest BCUT2D eigenvalue weighted by atomic mass is 10.2. The van der Waals surface area contributed by atoms with Crippen molar-refractivity contribution in [1.82, 2.24) is 20.4 Å². The first-order valence-corrected chi connectivity index (χ1v) is 6.95. The van der Waals surface area contributed by atoms with Gasteiger partial charge in [0, 0.05) is 16.3 Å². The number of hydrogen-bond acceptors (Lipinski definition) is 5. The number of nitrogens with zero attached hydrogens (tertiary/aromatic N) is 3. The molecule has 2 heterocycles. The number of oxazole rings is 1. The van der Waals surface area contributed by atoms with Crippen LogP contribution in [0, 0.1) is 0 Å². The quantitative estimate of drug-likeness (QED) is 0.597. The lowest BCUT2D eigenvalue weighted by Gasteiger charge is -2.01. The third-order valence-corrected chi connectivity index (χ3v) is 3.45. The molecule has 0 bridgehead atoms. The largest absolute Gasteiger partial charge is 0.423 e. The topological polar surface area (TPSA) is 79.6 Å². The Balaban J connectivity index is 1.59. The van der Waals surface area contributed by atoms with Crippen molar-refractivity contribution in [3.05, 3.63) is 53.7 Å². The standard InChI is InChI=1S/C15H10ClN5O/c16-10-3-1-9(2-4-10)14-8-17-15(22-14)18-11-5-6-12-13(7-11)20-21-19-12/h1-8H,(H,17,18)(H,19,20,21). The Morgan fingerprint density at radius 1 is 1.00 bits per heavy atom. The Morgan fingerprint density at radius 3 is 2.68 bits per heavy atom. The van der Waals surface area contributed by atoms with Crippen molar-refractivity contribution in [2.45, 2.75) is 0 Å². The molecule has 7 heteroatoms. The van der Waals surface area contributed by atoms with Crippen molar-refractivity contribution in [2.24, 2.45) is 0 Å². The molecule has 4 aromatic rings. The second-order valence-corrected chi connectivity index (χ2v) is 5.13. The second kappa shape index (κ2) is 5.16. The number of benzene rings is 2. The van der Waals surface area contributed by atoms with Crippen molar-refractivity contribution in [3.8, 4) is 11.3 Å². The minimum atomic E-state index is 0.410. The third-order valence-electron chi connectivity index (χ3n) is 3.20. The van der Waals surface area contributed by atoms with Crippen molar-refractivity contribution < 1.29 is 4.42 Å². The summed E-state index contributed by atoms with van der Waals surface area (Å²) in [7, 11) is 0. The molecule has 2 N–H and O–H groups in total. The van der Waals surface area contributed by atoms with Gasteiger partial charge in [0.15, 0.2) is 5.76 Å². The van der Waals surface area contributed by atoms with Crippen LogP contribution in [-0.2, 0) is 0 Å². The predicted molar refractivity (Wildman–Crippen MR) is 84.1 cm³/mol. The van der Waals surface area contributed by atoms with Crippen LogP contribution >= 0.6 is 11.6 Å². The molecule has 0 fully saturated rings. The summed E-state index contributed by atoms with van der Waals surface area (Å²) < 4.78 is 5.70. The van der Waals surface area contributed by atoms with Gasteiger partial charge in [0.05, 0.1) is 6.20 Å². The SMILES string of the molecule is Clc1ccc(-c2cnc(Nc3ccc4n[nH]nc4c3)o2)cc1. The first-order chi connectivity index (χ1) is 10.8. The summed E-state index contributed by atoms with van der Waals surface area (Å²) in [6.45, 7) is 0. The van der Waals surface area contributed by atoms with E-state index in [-0.39, 0.29) is 0 Å². The number of aromatic nitrogens is 4. The molecule has 6 nitrogen and oxygen atoms in total. The van der Waals surface area contributed by atoms with Gasteiger partial charge in [0.25, 0.3) is 6.01 Å². The summed E-state index contributed by atoms with van der Waals surface area (Å²) in [5.74, 6) is 0.668. The summed E-state index contributed by atoms with van der Waals surface area (Å²) in [5.41, 5.74) is 3.32. The molecule has 0 aliphatic carbocycles. The Kier molecular flexibility index (Phi) is 3.01. The number of anilines is 2. The molecule has 0 aliphatic heterocycles. The van der Waals surface area contributed by atoms with Crippen molar-refractivity contribution in [1.29, 1.82) is 0 Å². The van der Waals surface area contributed by atoms with Crippen LogP contribution in [0.3, 0.4) is 0 Å². The van der Waals surface area contributed by atoms with Gasteiger partial charge < -0.3 is 9.73 Å². The molecular formula is C15H10ClN5O. The summed E-state index contributed by atoms with van der Waals surface area (Å²) in [4.78, 5) is 4.22. The molecule has 0 saturated heterocycles. The molecule has 0 atom stereocenters. The first-order valence-electron chi connectivity index (χ1n) is 6.57. The van der Waals surface area contributed by atoms with E-state index in [1.807, 2.05) is 42.5 Å². The van der Waals surface area contributed by atoms with E-state index in [2.05, 4.69) is 25.7 Å². The zero-order chi connectivity index (χ0) is 14.9. The Bertz CT molecular complexity index is 928. The van der Waals surface area contributed by atoms with Crippen LogP contribution in [0.1, 0.15) is 0 Å². The normalized spacial score (nSPS) is 11.0. The molecule has 22 heavy (non-hydrogen) atoms. The zero-order valence-electron chi connectivity index (χ0n) is 11.2. The van der Waals surface area contributed by atoms with Crippen LogP contribution in [0.15, 0.2) is 53.1 Å². The second-order valence-electron chi connectivity index (χ2n) is 4.69. The minimum absolute atomic E-state index is 0.410. The maximum Gasteiger partial charge on any atom is 0.299 e. The van der Waals surface area contributed by atoms with E-state index in [1.54, 1.807) is 6.20 Å². The summed E-state index contributed by atoms with van der Waals surface area (Å²) >= 11 is 5.88. The van der Waals surface area contributed by atoms with Gasteiger partial charge in [0.2, 0.25) is 0 Å². The monoisotopic (exact) mass is 311 g/mol. The fourth-order valence-corrected chi connectivity index (χ4v) is 2.25. The molecule has 0 unspecified atom stereocenters. The number of nitrogens with one attached hydrogen (secondary N) is 2. The molecule has 4 rings (SSSR count). The molecule has 0 spiro atoms. The van der Waals surface area contributed by atoms with Crippen molar-refractivity contribution >= 4 is 34.3 Å². The van der Waals surface area contributed by atoms with E-state index in [1.165, 1.54) is 0 Å². The summed E-state index contributed by atoms with van der Waals surface area (Å²) in [6.07, 6.45) is 1.67. The Morgan fingerprint density at radius 2 is 1.82 bits per heavy atom. The van der Waals surface area contributed by atoms with Crippen LogP contribution in [0.5, 0.6) is 0 Å². The minimum Gasteiger partial charge on any atom is -0.423 e. The molecule has 0 saturated carbocycles. The number of halogens is 1. The number of rotatable bonds is 3. The van der Waals surface area contributed by atoms with E-state index in [9.17, 15) is 0 Å². The number of hydrogen-bond donors (Lipinski definition) is 2. The van der Waals surface area contributed by atoms with E-state index in [4.69, 9.17) is 16.0 Å². The highest BCUT2D eigenvalue weighted by Gasteiger charge is 2.07. The fourth-order valence-electron chi connectivity index (χ4n) is 2.12. The summed E-state index contributed by atoms with van der Waals surface area (Å²) in [6, 6.07) is 13.4. The predicted octanol–water partition coefficient (Wildman–Crippen LogP) is 4.01. The van der Waals surface area contributed by atoms with Gasteiger partial charge in [-0.2, -0.15) is 15.4 Å². The number of aromatic amines is 1. The maximum atomic E-state index is 5.88. The van der Waals surface area contributed by atoms with Gasteiger partial charge >= 0.3 is 0 Å². The van der Waals surface area contributed by atoms with E-state index < -0.39 is 0 Å². The van der Waals surface area contributed by atoms with Gasteiger partial charge in [0.1, 0.15) is 11.0 Å². The van der Waals surface area contributed by atoms with Crippen LogP contribution in [0.25, 0.3) is 22.4 Å². The highest BCUT2D eigenvalue weighted by molar-refractivity contribution is 6.30. The molecular weight excluding hydrogens is 302 g/mol. The van der Waals surface area contributed by atoms with Crippen molar-refractivity contribution in [2.75, 3.05) is 5.32 Å². The van der Waals surface area contributed by atoms with E-state index in [0.717, 1.165) is 22.3 Å². The first kappa shape index (κ1) is 12.8. The lowest BCUT2D eigenvalue weighted by molar-refractivity contribution is 0.592. The van der Waals surface area contributed by atoms with Crippen LogP contribution in [0.2, 0.25) is 5.02 Å². The van der Waals surface area contributed by atoms with E-state index in [0.29, 0.717) is 16.8 Å². The van der Waals surface area contributed by atoms with Gasteiger partial charge in [-0.25, -0.2) is 4.98 Å². The Labute approximate surface area is 130 Å². The molecule has 108 valence electrons. The number of H-pyrrole nitrogens is 1. The van der Waals surface area contributed by atoms with Gasteiger partial charge in [-0.15, -0.1) is 0 Å². The maximum absolute atomic E-state index is 5.88. The van der Waals surface area contributed by atoms with Gasteiger partial charge in [-0.1, -0.05) is 11.6 Å². The van der Waals surface area contributed by atoms with E-state index >= 15 is 0 Å². The molecule has 2 aromatic carbocycles. The molecule has 0 radical (unpaired) electrons. The van der Waals surface area contributed by atoms with Gasteiger partial charge in [-0.05, 0) is 42.5 Å². The average molecular weight is 312 g/mol. The van der Waals surface area contributed by atoms with Gasteiger partial charge in [-0.3, -0.25) is 0 Å². The van der Waals surface area contributed by atoms with Crippen LogP contribution < -0.4 is 5.32 Å². The highest BCUT2D eigenvalue weighted by Crippen LogP contribution is 2.26. The smallest absolute Gasteiger partial charge is 0.299 e. The fraction of sp³-hybridized carbons (Fsp3) is 0. The summed E-state index contributed by atoms with van der Waals surface area (Å²) in [5, 5.41) is 14.4. The Hall–Kier alpha value is -2.86. The lowest BCUT2D eigenvalue weighted by Crippen LogP contribution is -1.89. The highest BCUT2D eigenvalue weighted by atomic mass is 35.5. The number of fused-ring (bicyclic) bond motifs is 1. The average Bonchev–Trinajstić information content (AvgIpc) is 3.17. The van der Waals surface area contributed by atoms with Crippen LogP contribution in [0.4, 0.5) is 11.7 Å². The zero-order valence-corrected chi connectivity index (χ0v) is 12.0. The third kappa shape index (κ3) is 2.40. The van der Waals surface area contributed by atoms with Crippen molar-refractivity contribution in [3.63, 3.8) is 0 Å².